The van der Waals surface area contributed by atoms with E-state index in [9.17, 15) is 33.1 Å². The lowest BCUT2D eigenvalue weighted by atomic mass is 10.0. The molecule has 4 aromatic rings. The number of rotatable bonds is 16. The number of carboxylic acids is 1. The topological polar surface area (TPSA) is 121 Å². The second kappa shape index (κ2) is 16.3. The number of carbonyl (C=O) groups is 2. The van der Waals surface area contributed by atoms with Gasteiger partial charge in [-0.25, -0.2) is 4.39 Å². The Hall–Kier alpha value is -4.52. The lowest BCUT2D eigenvalue weighted by Gasteiger charge is -2.21. The Labute approximate surface area is 289 Å². The number of pyridine rings is 1. The number of nitrogens with zero attached hydrogens (tertiary/aromatic N) is 1. The van der Waals surface area contributed by atoms with E-state index in [0.717, 1.165) is 25.2 Å². The number of hydrogen-bond acceptors (Lipinski definition) is 7. The molecule has 9 nitrogen and oxygen atoms in total. The number of esters is 1. The summed E-state index contributed by atoms with van der Waals surface area (Å²) in [5, 5.41) is 24.4. The smallest absolute Gasteiger partial charge is 0.387 e. The molecule has 1 aliphatic rings. The number of hydrogen-bond donors (Lipinski definition) is 2. The summed E-state index contributed by atoms with van der Waals surface area (Å²) in [4.78, 5) is 25.1. The lowest BCUT2D eigenvalue weighted by Crippen LogP contribution is -2.28. The van der Waals surface area contributed by atoms with Crippen LogP contribution in [0.5, 0.6) is 11.5 Å². The zero-order valence-electron chi connectivity index (χ0n) is 25.8. The van der Waals surface area contributed by atoms with Gasteiger partial charge in [-0.05, 0) is 53.6 Å². The number of ether oxygens (including phenoxy) is 3. The van der Waals surface area contributed by atoms with Gasteiger partial charge in [0, 0.05) is 24.1 Å². The van der Waals surface area contributed by atoms with E-state index in [4.69, 9.17) is 32.7 Å². The maximum Gasteiger partial charge on any atom is 0.387 e. The number of nitrogens with one attached hydrogen (secondary N) is 1. The van der Waals surface area contributed by atoms with Gasteiger partial charge in [0.15, 0.2) is 23.9 Å². The van der Waals surface area contributed by atoms with Crippen LogP contribution in [0.3, 0.4) is 0 Å². The molecule has 2 unspecified atom stereocenters. The average molecular weight is 720 g/mol. The predicted molar refractivity (Wildman–Crippen MR) is 173 cm³/mol. The zero-order valence-corrected chi connectivity index (χ0v) is 27.3. The van der Waals surface area contributed by atoms with Crippen molar-refractivity contribution in [1.82, 2.24) is 5.32 Å². The summed E-state index contributed by atoms with van der Waals surface area (Å²) in [6.45, 7) is -2.67. The highest BCUT2D eigenvalue weighted by Crippen LogP contribution is 2.38. The van der Waals surface area contributed by atoms with Crippen molar-refractivity contribution in [2.45, 2.75) is 51.0 Å². The average Bonchev–Trinajstić information content (AvgIpc) is 3.88. The molecular formula is C35H31Cl2F3N2O7. The molecule has 1 saturated carbocycles. The largest absolute Gasteiger partial charge is 0.619 e. The van der Waals surface area contributed by atoms with Crippen LogP contribution in [0.2, 0.25) is 10.0 Å². The van der Waals surface area contributed by atoms with Gasteiger partial charge < -0.3 is 24.5 Å². The minimum absolute atomic E-state index is 0.00649. The third-order valence-corrected chi connectivity index (χ3v) is 8.44. The normalized spacial score (nSPS) is 13.9. The number of carboxylic acid groups (broad SMARTS) is 1. The quantitative estimate of drug-likeness (QED) is 0.0713. The molecule has 0 bridgehead atoms. The first-order valence-electron chi connectivity index (χ1n) is 15.2. The number of aromatic nitrogens is 1. The Morgan fingerprint density at radius 1 is 0.980 bits per heavy atom. The molecule has 2 atom stereocenters. The fraction of sp³-hybridized carbons (Fsp3) is 0.286. The van der Waals surface area contributed by atoms with E-state index in [1.54, 1.807) is 30.3 Å². The maximum absolute atomic E-state index is 14.2. The lowest BCUT2D eigenvalue weighted by molar-refractivity contribution is -0.605. The predicted octanol–water partition coefficient (Wildman–Crippen LogP) is 7.14. The molecule has 5 rings (SSSR count). The number of halogens is 5. The van der Waals surface area contributed by atoms with Gasteiger partial charge in [0.2, 0.25) is 0 Å². The van der Waals surface area contributed by atoms with Gasteiger partial charge in [0.25, 0.3) is 0 Å². The van der Waals surface area contributed by atoms with Gasteiger partial charge in [-0.15, -0.1) is 0 Å². The Morgan fingerprint density at radius 2 is 1.65 bits per heavy atom. The minimum atomic E-state index is -3.09. The maximum atomic E-state index is 14.2. The molecule has 3 aromatic carbocycles. The molecule has 1 heterocycles. The van der Waals surface area contributed by atoms with Crippen LogP contribution in [0.4, 0.5) is 13.2 Å². The fourth-order valence-electron chi connectivity index (χ4n) is 5.06. The van der Waals surface area contributed by atoms with Crippen LogP contribution in [0, 0.1) is 16.9 Å². The van der Waals surface area contributed by atoms with Crippen LogP contribution in [-0.4, -0.2) is 30.3 Å². The van der Waals surface area contributed by atoms with Crippen LogP contribution in [0.15, 0.2) is 79.1 Å². The van der Waals surface area contributed by atoms with Gasteiger partial charge in [-0.1, -0.05) is 71.7 Å². The van der Waals surface area contributed by atoms with Crippen molar-refractivity contribution in [2.24, 2.45) is 5.92 Å². The van der Waals surface area contributed by atoms with Crippen molar-refractivity contribution in [1.29, 1.82) is 0 Å². The fourth-order valence-corrected chi connectivity index (χ4v) is 5.66. The van der Waals surface area contributed by atoms with Crippen molar-refractivity contribution < 1.29 is 46.8 Å². The summed E-state index contributed by atoms with van der Waals surface area (Å²) in [6.07, 6.45) is 2.90. The van der Waals surface area contributed by atoms with Crippen molar-refractivity contribution in [2.75, 3.05) is 6.61 Å². The third kappa shape index (κ3) is 10.0. The van der Waals surface area contributed by atoms with Crippen molar-refractivity contribution in [3.63, 3.8) is 0 Å². The number of benzene rings is 3. The van der Waals surface area contributed by atoms with Crippen LogP contribution in [0.1, 0.15) is 52.8 Å². The molecule has 1 aromatic heterocycles. The number of aliphatic carboxylic acids is 1. The van der Waals surface area contributed by atoms with Crippen molar-refractivity contribution in [3.8, 4) is 11.5 Å². The minimum Gasteiger partial charge on any atom is -0.619 e. The highest BCUT2D eigenvalue weighted by Gasteiger charge is 2.27. The highest BCUT2D eigenvalue weighted by atomic mass is 35.5. The van der Waals surface area contributed by atoms with E-state index < -0.39 is 36.5 Å². The first-order valence-corrected chi connectivity index (χ1v) is 16.0. The molecular weight excluding hydrogens is 688 g/mol. The first kappa shape index (κ1) is 35.8. The molecule has 14 heteroatoms. The van der Waals surface area contributed by atoms with Gasteiger partial charge in [0.05, 0.1) is 13.0 Å². The molecule has 2 N–H and O–H groups in total. The molecule has 0 spiro atoms. The first-order chi connectivity index (χ1) is 23.5. The summed E-state index contributed by atoms with van der Waals surface area (Å²) in [6, 6.07) is 15.3. The van der Waals surface area contributed by atoms with Crippen molar-refractivity contribution >= 4 is 35.1 Å². The van der Waals surface area contributed by atoms with Crippen LogP contribution in [0.25, 0.3) is 0 Å². The van der Waals surface area contributed by atoms with Gasteiger partial charge in [-0.2, -0.15) is 13.5 Å². The Balaban J connectivity index is 1.32. The molecule has 0 aliphatic heterocycles. The summed E-state index contributed by atoms with van der Waals surface area (Å²) < 4.78 is 57.3. The van der Waals surface area contributed by atoms with Gasteiger partial charge in [-0.3, -0.25) is 14.9 Å². The van der Waals surface area contributed by atoms with Crippen LogP contribution in [-0.2, 0) is 33.7 Å². The Bertz CT molecular complexity index is 1770. The van der Waals surface area contributed by atoms with E-state index in [2.05, 4.69) is 10.1 Å². The summed E-state index contributed by atoms with van der Waals surface area (Å²) in [7, 11) is 0. The second-order valence-corrected chi connectivity index (χ2v) is 12.3. The standard InChI is InChI=1S/C35H31Cl2F3N2O7/c36-26-17-42(46)18-27(37)25(26)15-30(23-11-12-29(49-35(39)40)31(14-23)47-19-22-9-10-22)48-32(43)13-20-5-7-21(8-6-20)16-41-33(34(44)45)24-3-1-2-4-28(24)38/h1-8,11-12,14,17-18,22,30,33,35,41H,9-10,13,15-16,19H2,(H,44,45). The Kier molecular flexibility index (Phi) is 11.9. The zero-order chi connectivity index (χ0) is 35.1. The van der Waals surface area contributed by atoms with E-state index in [1.165, 1.54) is 36.4 Å². The number of carbonyl (C=O) groups excluding carboxylic acids is 1. The van der Waals surface area contributed by atoms with E-state index in [0.29, 0.717) is 39.5 Å². The SMILES string of the molecule is O=C(Cc1ccc(CNC(C(=O)O)c2ccccc2F)cc1)OC(Cc1c(Cl)c[n+]([O-])cc1Cl)c1ccc(OC(F)F)c(OCC2CC2)c1. The van der Waals surface area contributed by atoms with Crippen LogP contribution >= 0.6 is 23.2 Å². The molecule has 0 saturated heterocycles. The second-order valence-electron chi connectivity index (χ2n) is 11.5. The van der Waals surface area contributed by atoms with E-state index >= 15 is 0 Å². The number of alkyl halides is 2. The molecule has 49 heavy (non-hydrogen) atoms. The molecule has 258 valence electrons. The summed E-state index contributed by atoms with van der Waals surface area (Å²) >= 11 is 12.7. The summed E-state index contributed by atoms with van der Waals surface area (Å²) in [5.41, 5.74) is 1.98. The third-order valence-electron chi connectivity index (χ3n) is 7.79. The van der Waals surface area contributed by atoms with Gasteiger partial charge >= 0.3 is 18.6 Å². The summed E-state index contributed by atoms with van der Waals surface area (Å²) in [5.74, 6) is -2.33. The molecule has 0 radical (unpaired) electrons. The van der Waals surface area contributed by atoms with E-state index in [1.807, 2.05) is 0 Å². The Morgan fingerprint density at radius 3 is 2.29 bits per heavy atom. The molecule has 0 amide bonds. The van der Waals surface area contributed by atoms with E-state index in [-0.39, 0.29) is 46.5 Å². The molecule has 1 fully saturated rings. The van der Waals surface area contributed by atoms with Crippen LogP contribution < -0.4 is 19.5 Å². The highest BCUT2D eigenvalue weighted by molar-refractivity contribution is 6.35. The van der Waals surface area contributed by atoms with Crippen molar-refractivity contribution in [3.05, 3.63) is 128 Å². The monoisotopic (exact) mass is 718 g/mol. The van der Waals surface area contributed by atoms with Gasteiger partial charge in [0.1, 0.15) is 28.0 Å². The molecule has 1 aliphatic carbocycles.